The van der Waals surface area contributed by atoms with E-state index in [-0.39, 0.29) is 18.3 Å². The summed E-state index contributed by atoms with van der Waals surface area (Å²) in [6.45, 7) is 2.32. The molecule has 1 aromatic heterocycles. The van der Waals surface area contributed by atoms with Gasteiger partial charge in [-0.3, -0.25) is 10.1 Å². The molecular weight excluding hydrogens is 274 g/mol. The lowest BCUT2D eigenvalue weighted by Gasteiger charge is -2.08. The Morgan fingerprint density at radius 2 is 2.14 bits per heavy atom. The monoisotopic (exact) mass is 287 g/mol. The van der Waals surface area contributed by atoms with Gasteiger partial charge in [0.25, 0.3) is 0 Å². The molecule has 3 rings (SSSR count). The van der Waals surface area contributed by atoms with Crippen molar-refractivity contribution >= 4 is 11.5 Å². The SMILES string of the molecule is Cc1ccnc(NCc2ccc3c(c2)OCO3)c1[N+](=O)[O-]. The van der Waals surface area contributed by atoms with Crippen LogP contribution in [0.2, 0.25) is 0 Å². The lowest BCUT2D eigenvalue weighted by Crippen LogP contribution is -2.05. The van der Waals surface area contributed by atoms with Crippen LogP contribution in [0.5, 0.6) is 11.5 Å². The van der Waals surface area contributed by atoms with Crippen LogP contribution in [0, 0.1) is 17.0 Å². The second kappa shape index (κ2) is 5.28. The maximum Gasteiger partial charge on any atom is 0.314 e. The fraction of sp³-hybridized carbons (Fsp3) is 0.214. The highest BCUT2D eigenvalue weighted by atomic mass is 16.7. The van der Waals surface area contributed by atoms with Gasteiger partial charge in [0.05, 0.1) is 4.92 Å². The number of benzene rings is 1. The van der Waals surface area contributed by atoms with Crippen LogP contribution in [-0.4, -0.2) is 16.7 Å². The van der Waals surface area contributed by atoms with Crippen molar-refractivity contribution in [3.63, 3.8) is 0 Å². The highest BCUT2D eigenvalue weighted by molar-refractivity contribution is 5.60. The Balaban J connectivity index is 1.79. The van der Waals surface area contributed by atoms with E-state index in [0.717, 1.165) is 5.56 Å². The molecule has 1 aliphatic rings. The summed E-state index contributed by atoms with van der Waals surface area (Å²) in [5, 5.41) is 14.1. The number of aromatic nitrogens is 1. The molecule has 0 saturated heterocycles. The van der Waals surface area contributed by atoms with Gasteiger partial charge in [0.2, 0.25) is 12.6 Å². The average Bonchev–Trinajstić information content (AvgIpc) is 2.92. The minimum atomic E-state index is -0.426. The van der Waals surface area contributed by atoms with E-state index in [0.29, 0.717) is 23.6 Å². The summed E-state index contributed by atoms with van der Waals surface area (Å²) in [4.78, 5) is 14.7. The molecule has 21 heavy (non-hydrogen) atoms. The predicted octanol–water partition coefficient (Wildman–Crippen LogP) is 2.64. The molecule has 0 fully saturated rings. The summed E-state index contributed by atoms with van der Waals surface area (Å²) in [5.41, 5.74) is 1.50. The number of aryl methyl sites for hydroxylation is 1. The van der Waals surface area contributed by atoms with Gasteiger partial charge in [-0.2, -0.15) is 0 Å². The maximum atomic E-state index is 11.1. The Labute approximate surface area is 120 Å². The number of ether oxygens (including phenoxy) is 2. The topological polar surface area (TPSA) is 86.5 Å². The lowest BCUT2D eigenvalue weighted by atomic mass is 10.2. The zero-order chi connectivity index (χ0) is 14.8. The van der Waals surface area contributed by atoms with Crippen LogP contribution in [0.15, 0.2) is 30.5 Å². The number of anilines is 1. The summed E-state index contributed by atoms with van der Waals surface area (Å²) in [6.07, 6.45) is 1.55. The third-order valence-electron chi connectivity index (χ3n) is 3.21. The van der Waals surface area contributed by atoms with Gasteiger partial charge in [0.1, 0.15) is 0 Å². The van der Waals surface area contributed by atoms with Crippen LogP contribution >= 0.6 is 0 Å². The largest absolute Gasteiger partial charge is 0.454 e. The molecule has 0 amide bonds. The molecule has 0 spiro atoms. The molecule has 0 radical (unpaired) electrons. The van der Waals surface area contributed by atoms with Gasteiger partial charge in [-0.15, -0.1) is 0 Å². The van der Waals surface area contributed by atoms with E-state index in [2.05, 4.69) is 10.3 Å². The van der Waals surface area contributed by atoms with Crippen LogP contribution in [0.4, 0.5) is 11.5 Å². The molecule has 2 heterocycles. The van der Waals surface area contributed by atoms with Gasteiger partial charge < -0.3 is 14.8 Å². The van der Waals surface area contributed by atoms with E-state index < -0.39 is 4.92 Å². The molecule has 0 unspecified atom stereocenters. The average molecular weight is 287 g/mol. The van der Waals surface area contributed by atoms with E-state index in [9.17, 15) is 10.1 Å². The molecule has 2 aromatic rings. The minimum Gasteiger partial charge on any atom is -0.454 e. The predicted molar refractivity (Wildman–Crippen MR) is 75.5 cm³/mol. The van der Waals surface area contributed by atoms with Gasteiger partial charge in [-0.25, -0.2) is 4.98 Å². The van der Waals surface area contributed by atoms with E-state index in [1.807, 2.05) is 18.2 Å². The van der Waals surface area contributed by atoms with Crippen molar-refractivity contribution in [3.8, 4) is 11.5 Å². The number of pyridine rings is 1. The summed E-state index contributed by atoms with van der Waals surface area (Å²) in [5.74, 6) is 1.65. The first-order valence-electron chi connectivity index (χ1n) is 6.37. The normalized spacial score (nSPS) is 12.2. The van der Waals surface area contributed by atoms with E-state index in [1.165, 1.54) is 0 Å². The Hall–Kier alpha value is -2.83. The molecule has 0 bridgehead atoms. The molecule has 1 N–H and O–H groups in total. The Morgan fingerprint density at radius 3 is 2.95 bits per heavy atom. The number of nitrogens with one attached hydrogen (secondary N) is 1. The number of rotatable bonds is 4. The van der Waals surface area contributed by atoms with Gasteiger partial charge >= 0.3 is 5.69 Å². The molecule has 0 saturated carbocycles. The van der Waals surface area contributed by atoms with E-state index >= 15 is 0 Å². The number of fused-ring (bicyclic) bond motifs is 1. The molecular formula is C14H13N3O4. The van der Waals surface area contributed by atoms with Crippen molar-refractivity contribution in [1.82, 2.24) is 4.98 Å². The third kappa shape index (κ3) is 2.58. The highest BCUT2D eigenvalue weighted by Crippen LogP contribution is 2.33. The van der Waals surface area contributed by atoms with Crippen molar-refractivity contribution in [2.75, 3.05) is 12.1 Å². The fourth-order valence-electron chi connectivity index (χ4n) is 2.15. The highest BCUT2D eigenvalue weighted by Gasteiger charge is 2.18. The smallest absolute Gasteiger partial charge is 0.314 e. The first kappa shape index (κ1) is 13.2. The number of nitro groups is 1. The second-order valence-electron chi connectivity index (χ2n) is 4.62. The van der Waals surface area contributed by atoms with Crippen LogP contribution in [0.25, 0.3) is 0 Å². The van der Waals surface area contributed by atoms with Gasteiger partial charge in [0, 0.05) is 18.3 Å². The molecule has 0 aliphatic carbocycles. The van der Waals surface area contributed by atoms with Crippen molar-refractivity contribution < 1.29 is 14.4 Å². The lowest BCUT2D eigenvalue weighted by molar-refractivity contribution is -0.384. The minimum absolute atomic E-state index is 0.00163. The van der Waals surface area contributed by atoms with Crippen LogP contribution in [0.3, 0.4) is 0 Å². The quantitative estimate of drug-likeness (QED) is 0.687. The number of hydrogen-bond acceptors (Lipinski definition) is 6. The Morgan fingerprint density at radius 1 is 1.33 bits per heavy atom. The molecule has 0 atom stereocenters. The van der Waals surface area contributed by atoms with E-state index in [4.69, 9.17) is 9.47 Å². The summed E-state index contributed by atoms with van der Waals surface area (Å²) < 4.78 is 10.5. The standard InChI is InChI=1S/C14H13N3O4/c1-9-4-5-15-14(13(9)17(18)19)16-7-10-2-3-11-12(6-10)21-8-20-11/h2-6H,7-8H2,1H3,(H,15,16). The second-order valence-corrected chi connectivity index (χ2v) is 4.62. The molecule has 1 aliphatic heterocycles. The van der Waals surface area contributed by atoms with Crippen LogP contribution < -0.4 is 14.8 Å². The Bertz CT molecular complexity index is 703. The Kier molecular flexibility index (Phi) is 3.31. The molecule has 108 valence electrons. The maximum absolute atomic E-state index is 11.1. The van der Waals surface area contributed by atoms with Crippen molar-refractivity contribution in [3.05, 3.63) is 51.7 Å². The van der Waals surface area contributed by atoms with Crippen molar-refractivity contribution in [1.29, 1.82) is 0 Å². The zero-order valence-corrected chi connectivity index (χ0v) is 11.3. The fourth-order valence-corrected chi connectivity index (χ4v) is 2.15. The number of hydrogen-bond donors (Lipinski definition) is 1. The van der Waals surface area contributed by atoms with Gasteiger partial charge in [0.15, 0.2) is 11.5 Å². The van der Waals surface area contributed by atoms with E-state index in [1.54, 1.807) is 19.2 Å². The molecule has 1 aromatic carbocycles. The van der Waals surface area contributed by atoms with Crippen molar-refractivity contribution in [2.24, 2.45) is 0 Å². The summed E-state index contributed by atoms with van der Waals surface area (Å²) in [6, 6.07) is 7.15. The zero-order valence-electron chi connectivity index (χ0n) is 11.3. The first-order valence-corrected chi connectivity index (χ1v) is 6.37. The number of nitrogens with zero attached hydrogens (tertiary/aromatic N) is 2. The summed E-state index contributed by atoms with van der Waals surface area (Å²) >= 11 is 0. The van der Waals surface area contributed by atoms with Crippen LogP contribution in [0.1, 0.15) is 11.1 Å². The van der Waals surface area contributed by atoms with Crippen LogP contribution in [-0.2, 0) is 6.54 Å². The molecule has 7 heteroatoms. The van der Waals surface area contributed by atoms with Gasteiger partial charge in [-0.1, -0.05) is 6.07 Å². The van der Waals surface area contributed by atoms with Gasteiger partial charge in [-0.05, 0) is 30.7 Å². The molecule has 7 nitrogen and oxygen atoms in total. The first-order chi connectivity index (χ1) is 10.1. The van der Waals surface area contributed by atoms with Crippen molar-refractivity contribution in [2.45, 2.75) is 13.5 Å². The third-order valence-corrected chi connectivity index (χ3v) is 3.21. The summed E-state index contributed by atoms with van der Waals surface area (Å²) in [7, 11) is 0.